The van der Waals surface area contributed by atoms with Gasteiger partial charge in [0.05, 0.1) is 5.70 Å². The number of carbonyl (C=O) groups is 3. The van der Waals surface area contributed by atoms with Crippen LogP contribution in [-0.4, -0.2) is 47.5 Å². The lowest BCUT2D eigenvalue weighted by Gasteiger charge is -2.41. The molecule has 2 aromatic rings. The highest BCUT2D eigenvalue weighted by molar-refractivity contribution is 9.10. The second kappa shape index (κ2) is 6.43. The lowest BCUT2D eigenvalue weighted by molar-refractivity contribution is -0.131. The van der Waals surface area contributed by atoms with Gasteiger partial charge in [-0.1, -0.05) is 40.2 Å². The molecule has 1 saturated heterocycles. The maximum atomic E-state index is 15.0. The third-order valence-electron chi connectivity index (χ3n) is 5.88. The summed E-state index contributed by atoms with van der Waals surface area (Å²) in [6.07, 6.45) is 0. The van der Waals surface area contributed by atoms with Crippen LogP contribution in [0.25, 0.3) is 5.70 Å². The van der Waals surface area contributed by atoms with Gasteiger partial charge in [-0.2, -0.15) is 0 Å². The summed E-state index contributed by atoms with van der Waals surface area (Å²) < 4.78 is 15.6. The number of benzene rings is 2. The van der Waals surface area contributed by atoms with E-state index in [0.29, 0.717) is 21.3 Å². The van der Waals surface area contributed by atoms with Crippen LogP contribution in [0.4, 0.5) is 9.18 Å². The van der Waals surface area contributed by atoms with Gasteiger partial charge in [-0.3, -0.25) is 19.4 Å². The number of urea groups is 1. The molecule has 30 heavy (non-hydrogen) atoms. The van der Waals surface area contributed by atoms with Gasteiger partial charge in [0, 0.05) is 41.2 Å². The summed E-state index contributed by atoms with van der Waals surface area (Å²) in [5, 5.41) is 0. The van der Waals surface area contributed by atoms with Crippen molar-refractivity contribution in [2.24, 2.45) is 10.9 Å². The Morgan fingerprint density at radius 2 is 1.67 bits per heavy atom. The number of ketones is 1. The smallest absolute Gasteiger partial charge is 0.289 e. The normalized spacial score (nSPS) is 22.8. The van der Waals surface area contributed by atoms with Crippen molar-refractivity contribution in [1.82, 2.24) is 9.80 Å². The van der Waals surface area contributed by atoms with Gasteiger partial charge in [0.2, 0.25) is 5.91 Å². The molecule has 0 spiro atoms. The minimum Gasteiger partial charge on any atom is -0.289 e. The van der Waals surface area contributed by atoms with Crippen molar-refractivity contribution < 1.29 is 18.8 Å². The maximum absolute atomic E-state index is 15.0. The largest absolute Gasteiger partial charge is 0.331 e. The highest BCUT2D eigenvalue weighted by Crippen LogP contribution is 2.50. The quantitative estimate of drug-likeness (QED) is 0.639. The number of rotatable bonds is 1. The number of allylic oxidation sites excluding steroid dienone is 1. The molecule has 2 aromatic carbocycles. The van der Waals surface area contributed by atoms with Crippen LogP contribution in [0, 0.1) is 11.7 Å². The van der Waals surface area contributed by atoms with Crippen LogP contribution in [0.2, 0.25) is 0 Å². The SMILES string of the molecule is CN1C(=O)C2C(=NC3=C(C(=O)c4ccccc43)C2c2cc(Br)ccc2F)N(C)C1=O. The molecule has 6 nitrogen and oxygen atoms in total. The van der Waals surface area contributed by atoms with Crippen molar-refractivity contribution in [1.29, 1.82) is 0 Å². The Morgan fingerprint density at radius 1 is 0.967 bits per heavy atom. The third-order valence-corrected chi connectivity index (χ3v) is 6.38. The monoisotopic (exact) mass is 467 g/mol. The first kappa shape index (κ1) is 18.9. The molecule has 150 valence electrons. The number of halogens is 2. The zero-order valence-corrected chi connectivity index (χ0v) is 17.6. The summed E-state index contributed by atoms with van der Waals surface area (Å²) in [7, 11) is 2.90. The van der Waals surface area contributed by atoms with Crippen LogP contribution < -0.4 is 0 Å². The topological polar surface area (TPSA) is 70.1 Å². The lowest BCUT2D eigenvalue weighted by atomic mass is 9.75. The van der Waals surface area contributed by atoms with E-state index in [1.807, 2.05) is 0 Å². The van der Waals surface area contributed by atoms with Crippen LogP contribution >= 0.6 is 15.9 Å². The van der Waals surface area contributed by atoms with E-state index in [0.717, 1.165) is 4.90 Å². The molecule has 8 heteroatoms. The summed E-state index contributed by atoms with van der Waals surface area (Å²) in [5.41, 5.74) is 1.96. The van der Waals surface area contributed by atoms with Crippen LogP contribution in [0.5, 0.6) is 0 Å². The molecular formula is C22H15BrFN3O3. The fraction of sp³-hybridized carbons (Fsp3) is 0.182. The van der Waals surface area contributed by atoms with Crippen molar-refractivity contribution in [3.05, 3.63) is 75.0 Å². The molecule has 1 fully saturated rings. The first-order valence-corrected chi connectivity index (χ1v) is 10.1. The average Bonchev–Trinajstić information content (AvgIpc) is 3.03. The number of nitrogens with zero attached hydrogens (tertiary/aromatic N) is 3. The van der Waals surface area contributed by atoms with Crippen LogP contribution in [0.15, 0.2) is 57.5 Å². The van der Waals surface area contributed by atoms with Crippen molar-refractivity contribution in [2.75, 3.05) is 14.1 Å². The van der Waals surface area contributed by atoms with Gasteiger partial charge in [-0.25, -0.2) is 14.2 Å². The second-order valence-electron chi connectivity index (χ2n) is 7.47. The third kappa shape index (κ3) is 2.40. The number of carbonyl (C=O) groups excluding carboxylic acids is 3. The first-order valence-electron chi connectivity index (χ1n) is 9.28. The highest BCUT2D eigenvalue weighted by atomic mass is 79.9. The number of fused-ring (bicyclic) bond motifs is 3. The average molecular weight is 468 g/mol. The first-order chi connectivity index (χ1) is 14.3. The molecule has 2 aliphatic heterocycles. The molecule has 1 aliphatic carbocycles. The summed E-state index contributed by atoms with van der Waals surface area (Å²) >= 11 is 3.36. The van der Waals surface area contributed by atoms with Crippen LogP contribution in [0.3, 0.4) is 0 Å². The number of amides is 3. The van der Waals surface area contributed by atoms with Gasteiger partial charge in [-0.15, -0.1) is 0 Å². The predicted molar refractivity (Wildman–Crippen MR) is 111 cm³/mol. The maximum Gasteiger partial charge on any atom is 0.331 e. The van der Waals surface area contributed by atoms with Crippen LogP contribution in [-0.2, 0) is 4.79 Å². The summed E-state index contributed by atoms with van der Waals surface area (Å²) in [5.74, 6) is -3.00. The van der Waals surface area contributed by atoms with E-state index in [1.165, 1.54) is 25.1 Å². The molecule has 0 saturated carbocycles. The lowest BCUT2D eigenvalue weighted by Crippen LogP contribution is -2.59. The number of hydrogen-bond acceptors (Lipinski definition) is 4. The van der Waals surface area contributed by atoms with E-state index in [1.54, 1.807) is 36.4 Å². The number of imide groups is 1. The molecule has 3 aliphatic rings. The predicted octanol–water partition coefficient (Wildman–Crippen LogP) is 3.83. The van der Waals surface area contributed by atoms with Crippen molar-refractivity contribution >= 4 is 45.2 Å². The Bertz CT molecular complexity index is 1240. The van der Waals surface area contributed by atoms with Gasteiger partial charge >= 0.3 is 6.03 Å². The van der Waals surface area contributed by atoms with E-state index in [-0.39, 0.29) is 22.8 Å². The molecule has 2 atom stereocenters. The van der Waals surface area contributed by atoms with Gasteiger partial charge in [0.25, 0.3) is 0 Å². The number of hydrogen-bond donors (Lipinski definition) is 0. The van der Waals surface area contributed by atoms with Gasteiger partial charge in [-0.05, 0) is 23.8 Å². The van der Waals surface area contributed by atoms with E-state index in [4.69, 9.17) is 0 Å². The highest BCUT2D eigenvalue weighted by Gasteiger charge is 2.52. The van der Waals surface area contributed by atoms with Gasteiger partial charge < -0.3 is 0 Å². The molecule has 2 heterocycles. The molecule has 0 bridgehead atoms. The molecular weight excluding hydrogens is 453 g/mol. The van der Waals surface area contributed by atoms with Gasteiger partial charge in [0.15, 0.2) is 5.78 Å². The minimum absolute atomic E-state index is 0.208. The summed E-state index contributed by atoms with van der Waals surface area (Å²) in [6.45, 7) is 0. The van der Waals surface area contributed by atoms with Crippen molar-refractivity contribution in [3.63, 3.8) is 0 Å². The van der Waals surface area contributed by atoms with E-state index in [2.05, 4.69) is 20.9 Å². The van der Waals surface area contributed by atoms with E-state index >= 15 is 4.39 Å². The fourth-order valence-electron chi connectivity index (χ4n) is 4.44. The molecule has 5 rings (SSSR count). The zero-order chi connectivity index (χ0) is 21.3. The molecule has 0 radical (unpaired) electrons. The summed E-state index contributed by atoms with van der Waals surface area (Å²) in [6, 6.07) is 10.9. The van der Waals surface area contributed by atoms with Crippen LogP contribution in [0.1, 0.15) is 27.4 Å². The Kier molecular flexibility index (Phi) is 4.05. The zero-order valence-electron chi connectivity index (χ0n) is 16.0. The van der Waals surface area contributed by atoms with E-state index in [9.17, 15) is 14.4 Å². The molecule has 2 unspecified atom stereocenters. The Balaban J connectivity index is 1.83. The van der Waals surface area contributed by atoms with Crippen molar-refractivity contribution in [3.8, 4) is 0 Å². The molecule has 3 amide bonds. The second-order valence-corrected chi connectivity index (χ2v) is 8.38. The van der Waals surface area contributed by atoms with Gasteiger partial charge in [0.1, 0.15) is 17.6 Å². The Labute approximate surface area is 179 Å². The van der Waals surface area contributed by atoms with Crippen molar-refractivity contribution in [2.45, 2.75) is 5.92 Å². The van der Waals surface area contributed by atoms with E-state index < -0.39 is 29.6 Å². The summed E-state index contributed by atoms with van der Waals surface area (Å²) in [4.78, 5) is 46.0. The molecule has 0 N–H and O–H groups in total. The Hall–Kier alpha value is -3.13. The Morgan fingerprint density at radius 3 is 2.40 bits per heavy atom. The number of aliphatic imine (C=N–C) groups is 1. The number of Topliss-reactive ketones (excluding diaryl/α,β-unsaturated/α-hetero) is 1. The standard InChI is InChI=1S/C22H15BrFN3O3/c1-26-20-17(21(29)27(2)22(26)30)15(13-9-10(23)7-8-14(13)24)16-18(25-20)11-5-3-4-6-12(11)19(16)28/h3-9,15,17H,1-2H3. The fourth-order valence-corrected chi connectivity index (χ4v) is 4.82. The number of amidine groups is 1. The molecule has 0 aromatic heterocycles. The minimum atomic E-state index is -0.987.